The summed E-state index contributed by atoms with van der Waals surface area (Å²) >= 11 is 0. The molecule has 2 rings (SSSR count). The number of alkyl halides is 3. The summed E-state index contributed by atoms with van der Waals surface area (Å²) in [5, 5.41) is 0. The van der Waals surface area contributed by atoms with Gasteiger partial charge in [-0.2, -0.15) is 13.2 Å². The number of rotatable bonds is 8. The summed E-state index contributed by atoms with van der Waals surface area (Å²) in [4.78, 5) is 28.8. The van der Waals surface area contributed by atoms with E-state index in [2.05, 4.69) is 0 Å². The average molecular weight is 428 g/mol. The molecule has 1 fully saturated rings. The van der Waals surface area contributed by atoms with E-state index in [0.29, 0.717) is 44.7 Å². The Morgan fingerprint density at radius 1 is 1.10 bits per heavy atom. The molecule has 2 amide bonds. The zero-order valence-electron chi connectivity index (χ0n) is 17.9. The van der Waals surface area contributed by atoms with E-state index in [-0.39, 0.29) is 11.8 Å². The van der Waals surface area contributed by atoms with Gasteiger partial charge in [0.15, 0.2) is 0 Å². The van der Waals surface area contributed by atoms with Crippen LogP contribution in [-0.2, 0) is 15.8 Å². The van der Waals surface area contributed by atoms with Crippen molar-refractivity contribution in [1.29, 1.82) is 0 Å². The molecule has 168 valence electrons. The number of nitrogens with two attached hydrogens (primary N) is 1. The SMILES string of the molecule is CCC[C@H](C(N)=O)[C@@H](CC(C)C)C(=O)N1CCN(c2cccc(C(F)(F)F)c2)CC1. The number of piperazine rings is 1. The third kappa shape index (κ3) is 6.12. The fourth-order valence-corrected chi connectivity index (χ4v) is 4.10. The van der Waals surface area contributed by atoms with Gasteiger partial charge in [0.2, 0.25) is 11.8 Å². The van der Waals surface area contributed by atoms with Crippen molar-refractivity contribution in [3.8, 4) is 0 Å². The molecule has 30 heavy (non-hydrogen) atoms. The van der Waals surface area contributed by atoms with Crippen LogP contribution in [0, 0.1) is 17.8 Å². The lowest BCUT2D eigenvalue weighted by Gasteiger charge is -2.39. The summed E-state index contributed by atoms with van der Waals surface area (Å²) in [5.74, 6) is -1.24. The first-order valence-electron chi connectivity index (χ1n) is 10.5. The number of hydrogen-bond donors (Lipinski definition) is 1. The number of nitrogens with zero attached hydrogens (tertiary/aromatic N) is 2. The lowest BCUT2D eigenvalue weighted by molar-refractivity contribution is -0.142. The summed E-state index contributed by atoms with van der Waals surface area (Å²) in [6.45, 7) is 7.67. The van der Waals surface area contributed by atoms with E-state index < -0.39 is 29.5 Å². The number of halogens is 3. The zero-order chi connectivity index (χ0) is 22.5. The molecule has 0 radical (unpaired) electrons. The van der Waals surface area contributed by atoms with Crippen molar-refractivity contribution in [1.82, 2.24) is 4.90 Å². The number of primary amides is 1. The van der Waals surface area contributed by atoms with E-state index in [4.69, 9.17) is 5.73 Å². The highest BCUT2D eigenvalue weighted by Crippen LogP contribution is 2.32. The summed E-state index contributed by atoms with van der Waals surface area (Å²) in [5.41, 5.74) is 5.42. The molecule has 8 heteroatoms. The maximum Gasteiger partial charge on any atom is 0.416 e. The number of anilines is 1. The van der Waals surface area contributed by atoms with Crippen LogP contribution in [0.4, 0.5) is 18.9 Å². The van der Waals surface area contributed by atoms with Gasteiger partial charge in [-0.1, -0.05) is 33.3 Å². The fraction of sp³-hybridized carbons (Fsp3) is 0.636. The summed E-state index contributed by atoms with van der Waals surface area (Å²) < 4.78 is 39.0. The van der Waals surface area contributed by atoms with Crippen LogP contribution < -0.4 is 10.6 Å². The van der Waals surface area contributed by atoms with Gasteiger partial charge in [0.25, 0.3) is 0 Å². The predicted octanol–water partition coefficient (Wildman–Crippen LogP) is 3.92. The number of benzene rings is 1. The molecule has 0 saturated carbocycles. The Balaban J connectivity index is 2.10. The van der Waals surface area contributed by atoms with Gasteiger partial charge in [-0.3, -0.25) is 9.59 Å². The predicted molar refractivity (Wildman–Crippen MR) is 111 cm³/mol. The van der Waals surface area contributed by atoms with Crippen molar-refractivity contribution in [3.63, 3.8) is 0 Å². The molecular weight excluding hydrogens is 395 g/mol. The molecule has 0 aromatic heterocycles. The minimum Gasteiger partial charge on any atom is -0.369 e. The Morgan fingerprint density at radius 2 is 1.73 bits per heavy atom. The third-order valence-electron chi connectivity index (χ3n) is 5.62. The highest BCUT2D eigenvalue weighted by Gasteiger charge is 2.36. The van der Waals surface area contributed by atoms with E-state index in [0.717, 1.165) is 18.6 Å². The van der Waals surface area contributed by atoms with E-state index in [1.165, 1.54) is 6.07 Å². The number of carbonyl (C=O) groups is 2. The number of amides is 2. The van der Waals surface area contributed by atoms with Crippen LogP contribution in [0.3, 0.4) is 0 Å². The Morgan fingerprint density at radius 3 is 2.23 bits per heavy atom. The van der Waals surface area contributed by atoms with Crippen LogP contribution in [0.5, 0.6) is 0 Å². The summed E-state index contributed by atoms with van der Waals surface area (Å²) in [6, 6.07) is 5.25. The molecule has 2 N–H and O–H groups in total. The second-order valence-corrected chi connectivity index (χ2v) is 8.39. The van der Waals surface area contributed by atoms with Gasteiger partial charge in [0.05, 0.1) is 5.56 Å². The number of carbonyl (C=O) groups excluding carboxylic acids is 2. The van der Waals surface area contributed by atoms with Gasteiger partial charge in [-0.15, -0.1) is 0 Å². The molecule has 1 aliphatic rings. The summed E-state index contributed by atoms with van der Waals surface area (Å²) in [7, 11) is 0. The van der Waals surface area contributed by atoms with E-state index in [1.807, 2.05) is 25.7 Å². The molecule has 1 aliphatic heterocycles. The number of hydrogen-bond acceptors (Lipinski definition) is 3. The first-order chi connectivity index (χ1) is 14.0. The lowest BCUT2D eigenvalue weighted by Crippen LogP contribution is -2.52. The largest absolute Gasteiger partial charge is 0.416 e. The van der Waals surface area contributed by atoms with Crippen LogP contribution in [0.25, 0.3) is 0 Å². The van der Waals surface area contributed by atoms with Crippen LogP contribution >= 0.6 is 0 Å². The zero-order valence-corrected chi connectivity index (χ0v) is 17.9. The molecule has 0 unspecified atom stereocenters. The van der Waals surface area contributed by atoms with Gasteiger partial charge in [0, 0.05) is 43.7 Å². The van der Waals surface area contributed by atoms with Crippen molar-refractivity contribution in [2.45, 2.75) is 46.2 Å². The molecule has 1 aromatic carbocycles. The highest BCUT2D eigenvalue weighted by molar-refractivity contribution is 5.87. The van der Waals surface area contributed by atoms with Gasteiger partial charge in [-0.25, -0.2) is 0 Å². The standard InChI is InChI=1S/C22H32F3N3O2/c1-4-6-18(20(26)29)19(13-15(2)3)21(30)28-11-9-27(10-12-28)17-8-5-7-16(14-17)22(23,24)25/h5,7-8,14-15,18-19H,4,6,9-13H2,1-3H3,(H2,26,29)/t18-,19+/m0/s1. The van der Waals surface area contributed by atoms with Crippen molar-refractivity contribution in [2.24, 2.45) is 23.5 Å². The quantitative estimate of drug-likeness (QED) is 0.684. The monoisotopic (exact) mass is 427 g/mol. The molecule has 2 atom stereocenters. The molecule has 0 aliphatic carbocycles. The van der Waals surface area contributed by atoms with Gasteiger partial charge < -0.3 is 15.5 Å². The topological polar surface area (TPSA) is 66.6 Å². The second kappa shape index (κ2) is 10.2. The van der Waals surface area contributed by atoms with E-state index >= 15 is 0 Å². The Hall–Kier alpha value is -2.25. The first-order valence-corrected chi connectivity index (χ1v) is 10.5. The molecule has 1 saturated heterocycles. The average Bonchev–Trinajstić information content (AvgIpc) is 2.69. The second-order valence-electron chi connectivity index (χ2n) is 8.39. The lowest BCUT2D eigenvalue weighted by atomic mass is 9.81. The maximum absolute atomic E-state index is 13.2. The van der Waals surface area contributed by atoms with Gasteiger partial charge in [-0.05, 0) is 37.0 Å². The van der Waals surface area contributed by atoms with Crippen molar-refractivity contribution in [2.75, 3.05) is 31.1 Å². The summed E-state index contributed by atoms with van der Waals surface area (Å²) in [6.07, 6.45) is -2.47. The molecule has 5 nitrogen and oxygen atoms in total. The minimum atomic E-state index is -4.39. The van der Waals surface area contributed by atoms with Gasteiger partial charge in [0.1, 0.15) is 0 Å². The highest BCUT2D eigenvalue weighted by atomic mass is 19.4. The Bertz CT molecular complexity index is 729. The normalized spacial score (nSPS) is 17.2. The van der Waals surface area contributed by atoms with E-state index in [9.17, 15) is 22.8 Å². The molecule has 0 bridgehead atoms. The van der Waals surface area contributed by atoms with Crippen molar-refractivity contribution >= 4 is 17.5 Å². The molecular formula is C22H32F3N3O2. The Kier molecular flexibility index (Phi) is 8.15. The van der Waals surface area contributed by atoms with Gasteiger partial charge >= 0.3 is 6.18 Å². The van der Waals surface area contributed by atoms with Crippen molar-refractivity contribution in [3.05, 3.63) is 29.8 Å². The minimum absolute atomic E-state index is 0.0790. The molecule has 1 heterocycles. The van der Waals surface area contributed by atoms with Crippen LogP contribution in [0.15, 0.2) is 24.3 Å². The van der Waals surface area contributed by atoms with Crippen LogP contribution in [0.1, 0.15) is 45.6 Å². The Labute approximate surface area is 176 Å². The molecule has 1 aromatic rings. The van der Waals surface area contributed by atoms with E-state index in [1.54, 1.807) is 11.0 Å². The van der Waals surface area contributed by atoms with Crippen molar-refractivity contribution < 1.29 is 22.8 Å². The fourth-order valence-electron chi connectivity index (χ4n) is 4.10. The maximum atomic E-state index is 13.2. The van der Waals surface area contributed by atoms with Crippen LogP contribution in [0.2, 0.25) is 0 Å². The molecule has 0 spiro atoms. The van der Waals surface area contributed by atoms with Crippen LogP contribution in [-0.4, -0.2) is 42.9 Å². The third-order valence-corrected chi connectivity index (χ3v) is 5.62. The first kappa shape index (κ1) is 24.0. The smallest absolute Gasteiger partial charge is 0.369 e.